The van der Waals surface area contributed by atoms with Gasteiger partial charge in [-0.05, 0) is 29.5 Å². The van der Waals surface area contributed by atoms with Gasteiger partial charge >= 0.3 is 0 Å². The summed E-state index contributed by atoms with van der Waals surface area (Å²) in [6.07, 6.45) is 0. The van der Waals surface area contributed by atoms with Crippen LogP contribution in [0.2, 0.25) is 0 Å². The largest absolute Gasteiger partial charge is 0.274 e. The van der Waals surface area contributed by atoms with E-state index >= 15 is 0 Å². The number of hydroxylamine groups is 1. The molecule has 2 aromatic carbocycles. The number of benzene rings is 2. The molecule has 0 unspecified atom stereocenters. The maximum Gasteiger partial charge on any atom is 0.274 e. The van der Waals surface area contributed by atoms with Gasteiger partial charge in [-0.1, -0.05) is 36.4 Å². The lowest BCUT2D eigenvalue weighted by Crippen LogP contribution is -2.23. The van der Waals surface area contributed by atoms with E-state index in [2.05, 4.69) is 31.1 Å². The van der Waals surface area contributed by atoms with Gasteiger partial charge in [-0.15, -0.1) is 10.2 Å². The highest BCUT2D eigenvalue weighted by atomic mass is 16.6. The molecule has 0 aliphatic carbocycles. The lowest BCUT2D eigenvalue weighted by molar-refractivity contribution is 0.0223. The molecule has 0 saturated heterocycles. The molecular formula is C18H14N6O2. The van der Waals surface area contributed by atoms with Crippen LogP contribution in [0.3, 0.4) is 0 Å². The number of aromatic amines is 1. The number of nitrogens with one attached hydrogen (secondary N) is 2. The molecule has 26 heavy (non-hydrogen) atoms. The number of rotatable bonds is 5. The lowest BCUT2D eigenvalue weighted by Gasteiger charge is -2.07. The number of aromatic nitrogens is 5. The highest BCUT2D eigenvalue weighted by molar-refractivity contribution is 5.94. The average molecular weight is 346 g/mol. The van der Waals surface area contributed by atoms with Crippen LogP contribution in [0.1, 0.15) is 16.1 Å². The van der Waals surface area contributed by atoms with Gasteiger partial charge in [-0.25, -0.2) is 5.48 Å². The molecule has 0 atom stereocenters. The molecule has 0 aliphatic heterocycles. The van der Waals surface area contributed by atoms with Gasteiger partial charge in [0.15, 0.2) is 0 Å². The van der Waals surface area contributed by atoms with Gasteiger partial charge in [0.1, 0.15) is 6.61 Å². The predicted molar refractivity (Wildman–Crippen MR) is 93.6 cm³/mol. The fraction of sp³-hybridized carbons (Fsp3) is 0.0556. The van der Waals surface area contributed by atoms with Gasteiger partial charge in [0.2, 0.25) is 5.82 Å². The molecule has 2 aromatic heterocycles. The van der Waals surface area contributed by atoms with Gasteiger partial charge < -0.3 is 0 Å². The zero-order chi connectivity index (χ0) is 17.8. The van der Waals surface area contributed by atoms with Gasteiger partial charge in [-0.3, -0.25) is 14.6 Å². The predicted octanol–water partition coefficient (Wildman–Crippen LogP) is 2.28. The molecule has 8 heteroatoms. The molecule has 1 amide bonds. The van der Waals surface area contributed by atoms with E-state index in [1.165, 1.54) is 0 Å². The number of carbonyl (C=O) groups excluding carboxylic acids is 1. The number of nitrogens with zero attached hydrogens (tertiary/aromatic N) is 4. The molecule has 4 rings (SSSR count). The Balaban J connectivity index is 1.40. The lowest BCUT2D eigenvalue weighted by atomic mass is 10.1. The molecule has 0 spiro atoms. The molecular weight excluding hydrogens is 332 g/mol. The number of carbonyl (C=O) groups is 1. The van der Waals surface area contributed by atoms with E-state index in [1.807, 2.05) is 36.4 Å². The van der Waals surface area contributed by atoms with E-state index in [0.29, 0.717) is 17.0 Å². The van der Waals surface area contributed by atoms with Crippen LogP contribution in [0.4, 0.5) is 0 Å². The minimum absolute atomic E-state index is 0.168. The standard InChI is InChI=1S/C18H14N6O2/c25-18(14-6-3-5-13(10-14)17-20-23-24-21-17)22-26-11-15-9-8-12-4-1-2-7-16(12)19-15/h1-10H,11H2,(H,22,25)(H,20,21,23,24). The van der Waals surface area contributed by atoms with Gasteiger partial charge in [0.05, 0.1) is 11.2 Å². The Morgan fingerprint density at radius 2 is 2.00 bits per heavy atom. The molecule has 0 aliphatic rings. The first kappa shape index (κ1) is 15.9. The van der Waals surface area contributed by atoms with E-state index in [1.54, 1.807) is 24.3 Å². The van der Waals surface area contributed by atoms with Gasteiger partial charge in [0.25, 0.3) is 5.91 Å². The molecule has 4 aromatic rings. The number of para-hydroxylation sites is 1. The second kappa shape index (κ2) is 7.08. The fourth-order valence-electron chi connectivity index (χ4n) is 2.51. The van der Waals surface area contributed by atoms with Crippen LogP contribution in [-0.2, 0) is 11.4 Å². The maximum absolute atomic E-state index is 12.2. The summed E-state index contributed by atoms with van der Waals surface area (Å²) in [4.78, 5) is 22.0. The molecule has 2 N–H and O–H groups in total. The van der Waals surface area contributed by atoms with Crippen LogP contribution in [0.15, 0.2) is 60.7 Å². The van der Waals surface area contributed by atoms with E-state index in [0.717, 1.165) is 16.6 Å². The van der Waals surface area contributed by atoms with Crippen LogP contribution >= 0.6 is 0 Å². The summed E-state index contributed by atoms with van der Waals surface area (Å²) in [5.41, 5.74) is 5.15. The molecule has 0 radical (unpaired) electrons. The first-order valence-electron chi connectivity index (χ1n) is 7.90. The second-order valence-electron chi connectivity index (χ2n) is 5.53. The quantitative estimate of drug-likeness (QED) is 0.537. The van der Waals surface area contributed by atoms with Crippen molar-refractivity contribution in [3.8, 4) is 11.4 Å². The number of hydrogen-bond donors (Lipinski definition) is 2. The van der Waals surface area contributed by atoms with E-state index in [9.17, 15) is 4.79 Å². The van der Waals surface area contributed by atoms with Crippen molar-refractivity contribution >= 4 is 16.8 Å². The third-order valence-electron chi connectivity index (χ3n) is 3.77. The van der Waals surface area contributed by atoms with Gasteiger partial charge in [0, 0.05) is 16.5 Å². The Bertz CT molecular complexity index is 1050. The maximum atomic E-state index is 12.2. The Morgan fingerprint density at radius 1 is 1.08 bits per heavy atom. The number of amides is 1. The number of fused-ring (bicyclic) bond motifs is 1. The summed E-state index contributed by atoms with van der Waals surface area (Å²) in [6, 6.07) is 18.5. The third kappa shape index (κ3) is 3.40. The van der Waals surface area contributed by atoms with Crippen molar-refractivity contribution in [3.63, 3.8) is 0 Å². The summed E-state index contributed by atoms with van der Waals surface area (Å²) in [6.45, 7) is 0.168. The van der Waals surface area contributed by atoms with E-state index in [-0.39, 0.29) is 12.5 Å². The smallest absolute Gasteiger partial charge is 0.267 e. The van der Waals surface area contributed by atoms with Crippen molar-refractivity contribution in [2.45, 2.75) is 6.61 Å². The summed E-state index contributed by atoms with van der Waals surface area (Å²) in [7, 11) is 0. The van der Waals surface area contributed by atoms with Crippen LogP contribution in [0, 0.1) is 0 Å². The van der Waals surface area contributed by atoms with Crippen molar-refractivity contribution in [3.05, 3.63) is 71.9 Å². The SMILES string of the molecule is O=C(NOCc1ccc2ccccc2n1)c1cccc(-c2nn[nH]n2)c1. The van der Waals surface area contributed by atoms with E-state index < -0.39 is 0 Å². The first-order valence-corrected chi connectivity index (χ1v) is 7.90. The van der Waals surface area contributed by atoms with Crippen LogP contribution in [0.5, 0.6) is 0 Å². The summed E-state index contributed by atoms with van der Waals surface area (Å²) in [5, 5.41) is 14.7. The zero-order valence-corrected chi connectivity index (χ0v) is 13.6. The Labute approximate surface area is 148 Å². The number of tetrazole rings is 1. The van der Waals surface area contributed by atoms with Crippen molar-refractivity contribution in [2.75, 3.05) is 0 Å². The summed E-state index contributed by atoms with van der Waals surface area (Å²) < 4.78 is 0. The normalized spacial score (nSPS) is 10.8. The van der Waals surface area contributed by atoms with E-state index in [4.69, 9.17) is 4.84 Å². The minimum Gasteiger partial charge on any atom is -0.267 e. The van der Waals surface area contributed by atoms with Gasteiger partial charge in [-0.2, -0.15) is 5.21 Å². The van der Waals surface area contributed by atoms with Crippen molar-refractivity contribution < 1.29 is 9.63 Å². The van der Waals surface area contributed by atoms with Crippen molar-refractivity contribution in [1.82, 2.24) is 31.1 Å². The minimum atomic E-state index is -0.365. The molecule has 0 saturated carbocycles. The first-order chi connectivity index (χ1) is 12.8. The monoisotopic (exact) mass is 346 g/mol. The Morgan fingerprint density at radius 3 is 2.88 bits per heavy atom. The molecule has 8 nitrogen and oxygen atoms in total. The zero-order valence-electron chi connectivity index (χ0n) is 13.6. The van der Waals surface area contributed by atoms with Crippen molar-refractivity contribution in [1.29, 1.82) is 0 Å². The molecule has 0 fully saturated rings. The topological polar surface area (TPSA) is 106 Å². The highest BCUT2D eigenvalue weighted by Gasteiger charge is 2.09. The average Bonchev–Trinajstić information content (AvgIpc) is 3.23. The highest BCUT2D eigenvalue weighted by Crippen LogP contribution is 2.15. The Kier molecular flexibility index (Phi) is 4.31. The Hall–Kier alpha value is -3.65. The van der Waals surface area contributed by atoms with Crippen molar-refractivity contribution in [2.24, 2.45) is 0 Å². The summed E-state index contributed by atoms with van der Waals surface area (Å²) >= 11 is 0. The molecule has 0 bridgehead atoms. The molecule has 2 heterocycles. The van der Waals surface area contributed by atoms with Crippen LogP contribution in [-0.4, -0.2) is 31.5 Å². The second-order valence-corrected chi connectivity index (χ2v) is 5.53. The molecule has 128 valence electrons. The number of hydrogen-bond acceptors (Lipinski definition) is 6. The fourth-order valence-corrected chi connectivity index (χ4v) is 2.51. The summed E-state index contributed by atoms with van der Waals surface area (Å²) in [5.74, 6) is 0.0528. The number of pyridine rings is 1. The van der Waals surface area contributed by atoms with Crippen LogP contribution in [0.25, 0.3) is 22.3 Å². The van der Waals surface area contributed by atoms with Crippen LogP contribution < -0.4 is 5.48 Å². The third-order valence-corrected chi connectivity index (χ3v) is 3.77. The number of H-pyrrole nitrogens is 1.